The van der Waals surface area contributed by atoms with Crippen molar-refractivity contribution in [3.63, 3.8) is 0 Å². The topological polar surface area (TPSA) is 87.7 Å². The van der Waals surface area contributed by atoms with Gasteiger partial charge in [-0.2, -0.15) is 0 Å². The van der Waals surface area contributed by atoms with Crippen molar-refractivity contribution in [1.82, 2.24) is 10.2 Å². The molecule has 2 aromatic carbocycles. The van der Waals surface area contributed by atoms with E-state index < -0.39 is 23.4 Å². The van der Waals surface area contributed by atoms with Crippen LogP contribution in [0.5, 0.6) is 5.75 Å². The maximum Gasteiger partial charge on any atom is 0.325 e. The average molecular weight is 407 g/mol. The molecule has 2 N–H and O–H groups in total. The molecule has 2 aromatic rings. The van der Waals surface area contributed by atoms with Gasteiger partial charge in [-0.1, -0.05) is 18.2 Å². The number of amides is 4. The van der Waals surface area contributed by atoms with Crippen molar-refractivity contribution in [3.05, 3.63) is 59.2 Å². The standard InChI is InChI=1S/C23H25N3O4/c1-3-30-19-11-9-18(10-12-19)24-20(27)14-26-21(28)23(2,25-22(26)29)17-8-7-15-5-4-6-16(15)13-17/h7-13H,3-6,14H2,1-2H3,(H,24,27)(H,25,29)/t23-/m1/s1. The Morgan fingerprint density at radius 3 is 2.60 bits per heavy atom. The second-order valence-corrected chi connectivity index (χ2v) is 7.79. The van der Waals surface area contributed by atoms with Crippen LogP contribution in [0.2, 0.25) is 0 Å². The number of nitrogens with zero attached hydrogens (tertiary/aromatic N) is 1. The van der Waals surface area contributed by atoms with Gasteiger partial charge in [0.05, 0.1) is 6.61 Å². The van der Waals surface area contributed by atoms with Gasteiger partial charge < -0.3 is 15.4 Å². The summed E-state index contributed by atoms with van der Waals surface area (Å²) in [4.78, 5) is 39.0. The Hall–Kier alpha value is -3.35. The summed E-state index contributed by atoms with van der Waals surface area (Å²) in [6, 6.07) is 12.3. The van der Waals surface area contributed by atoms with Gasteiger partial charge in [0.2, 0.25) is 5.91 Å². The predicted octanol–water partition coefficient (Wildman–Crippen LogP) is 2.98. The number of aryl methyl sites for hydroxylation is 2. The van der Waals surface area contributed by atoms with Gasteiger partial charge in [0, 0.05) is 5.69 Å². The number of benzene rings is 2. The van der Waals surface area contributed by atoms with Crippen LogP contribution in [0.25, 0.3) is 0 Å². The highest BCUT2D eigenvalue weighted by molar-refractivity contribution is 6.10. The molecule has 4 amide bonds. The van der Waals surface area contributed by atoms with E-state index in [1.54, 1.807) is 31.2 Å². The highest BCUT2D eigenvalue weighted by Gasteiger charge is 2.49. The highest BCUT2D eigenvalue weighted by Crippen LogP contribution is 2.32. The monoisotopic (exact) mass is 407 g/mol. The lowest BCUT2D eigenvalue weighted by molar-refractivity contribution is -0.133. The van der Waals surface area contributed by atoms with E-state index in [2.05, 4.69) is 10.6 Å². The first-order valence-corrected chi connectivity index (χ1v) is 10.2. The number of rotatable bonds is 6. The minimum Gasteiger partial charge on any atom is -0.494 e. The second-order valence-electron chi connectivity index (χ2n) is 7.79. The number of carbonyl (C=O) groups is 3. The van der Waals surface area contributed by atoms with Crippen molar-refractivity contribution < 1.29 is 19.1 Å². The van der Waals surface area contributed by atoms with Gasteiger partial charge in [-0.25, -0.2) is 4.79 Å². The molecule has 0 unspecified atom stereocenters. The Balaban J connectivity index is 1.45. The Kier molecular flexibility index (Phi) is 5.20. The number of fused-ring (bicyclic) bond motifs is 1. The number of hydrogen-bond donors (Lipinski definition) is 2. The van der Waals surface area contributed by atoms with E-state index in [9.17, 15) is 14.4 Å². The summed E-state index contributed by atoms with van der Waals surface area (Å²) in [7, 11) is 0. The van der Waals surface area contributed by atoms with E-state index in [1.807, 2.05) is 25.1 Å². The molecule has 1 atom stereocenters. The molecular formula is C23H25N3O4. The van der Waals surface area contributed by atoms with Crippen LogP contribution in [-0.2, 0) is 28.0 Å². The van der Waals surface area contributed by atoms with Gasteiger partial charge in [0.1, 0.15) is 17.8 Å². The first-order chi connectivity index (χ1) is 14.4. The van der Waals surface area contributed by atoms with Crippen LogP contribution in [0.1, 0.15) is 37.0 Å². The largest absolute Gasteiger partial charge is 0.494 e. The number of anilines is 1. The van der Waals surface area contributed by atoms with Crippen molar-refractivity contribution in [1.29, 1.82) is 0 Å². The minimum atomic E-state index is -1.17. The van der Waals surface area contributed by atoms with E-state index in [1.165, 1.54) is 11.1 Å². The predicted molar refractivity (Wildman–Crippen MR) is 112 cm³/mol. The van der Waals surface area contributed by atoms with Gasteiger partial charge in [0.15, 0.2) is 0 Å². The molecule has 0 aromatic heterocycles. The molecular weight excluding hydrogens is 382 g/mol. The average Bonchev–Trinajstić information content (AvgIpc) is 3.28. The van der Waals surface area contributed by atoms with Crippen molar-refractivity contribution in [2.75, 3.05) is 18.5 Å². The van der Waals surface area contributed by atoms with E-state index >= 15 is 0 Å². The number of hydrogen-bond acceptors (Lipinski definition) is 4. The Morgan fingerprint density at radius 2 is 1.87 bits per heavy atom. The van der Waals surface area contributed by atoms with Crippen LogP contribution in [0.4, 0.5) is 10.5 Å². The number of ether oxygens (including phenoxy) is 1. The SMILES string of the molecule is CCOc1ccc(NC(=O)CN2C(=O)N[C@](C)(c3ccc4c(c3)CCC4)C2=O)cc1. The highest BCUT2D eigenvalue weighted by atomic mass is 16.5. The number of carbonyl (C=O) groups excluding carboxylic acids is 3. The molecule has 1 fully saturated rings. The lowest BCUT2D eigenvalue weighted by atomic mass is 9.89. The van der Waals surface area contributed by atoms with Crippen molar-refractivity contribution in [2.45, 2.75) is 38.6 Å². The van der Waals surface area contributed by atoms with Gasteiger partial charge in [0.25, 0.3) is 5.91 Å². The molecule has 0 radical (unpaired) electrons. The van der Waals surface area contributed by atoms with E-state index in [4.69, 9.17) is 4.74 Å². The normalized spacial score (nSPS) is 20.1. The molecule has 0 saturated carbocycles. The Bertz CT molecular complexity index is 1000. The zero-order valence-electron chi connectivity index (χ0n) is 17.2. The maximum absolute atomic E-state index is 13.1. The molecule has 1 saturated heterocycles. The fourth-order valence-corrected chi connectivity index (χ4v) is 4.06. The van der Waals surface area contributed by atoms with Gasteiger partial charge in [-0.05, 0) is 74.1 Å². The van der Waals surface area contributed by atoms with Gasteiger partial charge in [-0.15, -0.1) is 0 Å². The van der Waals surface area contributed by atoms with Crippen LogP contribution in [0.3, 0.4) is 0 Å². The van der Waals surface area contributed by atoms with Crippen molar-refractivity contribution in [2.24, 2.45) is 0 Å². The molecule has 2 aliphatic rings. The summed E-state index contributed by atoms with van der Waals surface area (Å²) in [6.45, 7) is 3.79. The summed E-state index contributed by atoms with van der Waals surface area (Å²) in [6.07, 6.45) is 3.13. The number of nitrogens with one attached hydrogen (secondary N) is 2. The molecule has 7 nitrogen and oxygen atoms in total. The summed E-state index contributed by atoms with van der Waals surface area (Å²) < 4.78 is 5.38. The minimum absolute atomic E-state index is 0.349. The summed E-state index contributed by atoms with van der Waals surface area (Å²) in [5.41, 5.74) is 2.66. The maximum atomic E-state index is 13.1. The fourth-order valence-electron chi connectivity index (χ4n) is 4.06. The van der Waals surface area contributed by atoms with Gasteiger partial charge >= 0.3 is 6.03 Å². The zero-order chi connectivity index (χ0) is 21.3. The van der Waals surface area contributed by atoms with Crippen LogP contribution in [0, 0.1) is 0 Å². The molecule has 1 aliphatic heterocycles. The first kappa shape index (κ1) is 19.9. The lowest BCUT2D eigenvalue weighted by Gasteiger charge is -2.23. The second kappa shape index (κ2) is 7.82. The lowest BCUT2D eigenvalue weighted by Crippen LogP contribution is -2.42. The van der Waals surface area contributed by atoms with E-state index in [0.29, 0.717) is 18.0 Å². The summed E-state index contributed by atoms with van der Waals surface area (Å²) >= 11 is 0. The number of imide groups is 1. The Labute approximate surface area is 175 Å². The molecule has 1 aliphatic carbocycles. The summed E-state index contributed by atoms with van der Waals surface area (Å²) in [5, 5.41) is 5.48. The number of urea groups is 1. The van der Waals surface area contributed by atoms with Crippen molar-refractivity contribution >= 4 is 23.5 Å². The van der Waals surface area contributed by atoms with E-state index in [-0.39, 0.29) is 6.54 Å². The third kappa shape index (κ3) is 3.63. The molecule has 7 heteroatoms. The van der Waals surface area contributed by atoms with Crippen LogP contribution in [-0.4, -0.2) is 35.9 Å². The molecule has 156 valence electrons. The van der Waals surface area contributed by atoms with Crippen LogP contribution >= 0.6 is 0 Å². The van der Waals surface area contributed by atoms with Crippen LogP contribution < -0.4 is 15.4 Å². The molecule has 4 rings (SSSR count). The smallest absolute Gasteiger partial charge is 0.325 e. The third-order valence-corrected chi connectivity index (χ3v) is 5.70. The van der Waals surface area contributed by atoms with Crippen molar-refractivity contribution in [3.8, 4) is 5.75 Å². The summed E-state index contributed by atoms with van der Waals surface area (Å²) in [5.74, 6) is -0.164. The van der Waals surface area contributed by atoms with Crippen LogP contribution in [0.15, 0.2) is 42.5 Å². The zero-order valence-corrected chi connectivity index (χ0v) is 17.2. The quantitative estimate of drug-likeness (QED) is 0.721. The Morgan fingerprint density at radius 1 is 1.13 bits per heavy atom. The molecule has 0 spiro atoms. The first-order valence-electron chi connectivity index (χ1n) is 10.2. The van der Waals surface area contributed by atoms with Gasteiger partial charge in [-0.3, -0.25) is 14.5 Å². The van der Waals surface area contributed by atoms with E-state index in [0.717, 1.165) is 29.7 Å². The molecule has 30 heavy (non-hydrogen) atoms. The molecule has 1 heterocycles. The molecule has 0 bridgehead atoms. The fraction of sp³-hybridized carbons (Fsp3) is 0.348. The third-order valence-electron chi connectivity index (χ3n) is 5.70.